The molecule has 4 nitrogen and oxygen atoms in total. The Balaban J connectivity index is 2.08. The van der Waals surface area contributed by atoms with Crippen molar-refractivity contribution in [3.63, 3.8) is 0 Å². The Bertz CT molecular complexity index is 463. The first-order valence-electron chi connectivity index (χ1n) is 6.57. The first-order valence-corrected chi connectivity index (χ1v) is 7.36. The molecule has 5 heteroatoms. The largest absolute Gasteiger partial charge is 0.398 e. The van der Waals surface area contributed by atoms with Gasteiger partial charge in [0.2, 0.25) is 0 Å². The maximum absolute atomic E-state index is 12.4. The summed E-state index contributed by atoms with van der Waals surface area (Å²) >= 11 is 3.35. The van der Waals surface area contributed by atoms with E-state index in [9.17, 15) is 4.79 Å². The van der Waals surface area contributed by atoms with E-state index in [1.54, 1.807) is 18.2 Å². The van der Waals surface area contributed by atoms with Gasteiger partial charge in [-0.3, -0.25) is 4.79 Å². The van der Waals surface area contributed by atoms with Gasteiger partial charge in [0.1, 0.15) is 0 Å². The van der Waals surface area contributed by atoms with Gasteiger partial charge < -0.3 is 15.7 Å². The van der Waals surface area contributed by atoms with Crippen LogP contribution < -0.4 is 5.73 Å². The molecule has 104 valence electrons. The number of aliphatic hydroxyl groups excluding tert-OH is 1. The summed E-state index contributed by atoms with van der Waals surface area (Å²) in [4.78, 5) is 14.3. The number of carbonyl (C=O) groups excluding carboxylic acids is 1. The fraction of sp³-hybridized carbons (Fsp3) is 0.500. The molecule has 0 saturated carbocycles. The molecule has 0 aromatic heterocycles. The van der Waals surface area contributed by atoms with Gasteiger partial charge in [-0.25, -0.2) is 0 Å². The quantitative estimate of drug-likeness (QED) is 0.837. The third-order valence-corrected chi connectivity index (χ3v) is 4.28. The highest BCUT2D eigenvalue weighted by Gasteiger charge is 2.24. The number of hydrogen-bond acceptors (Lipinski definition) is 3. The molecule has 0 spiro atoms. The first-order chi connectivity index (χ1) is 9.11. The van der Waals surface area contributed by atoms with Crippen molar-refractivity contribution in [2.24, 2.45) is 5.92 Å². The van der Waals surface area contributed by atoms with Gasteiger partial charge in [0.15, 0.2) is 0 Å². The molecule has 0 bridgehead atoms. The van der Waals surface area contributed by atoms with E-state index in [-0.39, 0.29) is 12.5 Å². The van der Waals surface area contributed by atoms with Crippen LogP contribution in [-0.4, -0.2) is 35.6 Å². The van der Waals surface area contributed by atoms with Crippen LogP contribution >= 0.6 is 15.9 Å². The second kappa shape index (κ2) is 6.39. The molecule has 19 heavy (non-hydrogen) atoms. The zero-order valence-corrected chi connectivity index (χ0v) is 12.4. The Morgan fingerprint density at radius 1 is 1.53 bits per heavy atom. The smallest absolute Gasteiger partial charge is 0.253 e. The van der Waals surface area contributed by atoms with E-state index < -0.39 is 0 Å². The molecule has 0 radical (unpaired) electrons. The molecule has 1 amide bonds. The number of benzene rings is 1. The van der Waals surface area contributed by atoms with Crippen LogP contribution in [0.3, 0.4) is 0 Å². The van der Waals surface area contributed by atoms with Crippen molar-refractivity contribution in [1.29, 1.82) is 0 Å². The highest BCUT2D eigenvalue weighted by molar-refractivity contribution is 9.10. The van der Waals surface area contributed by atoms with E-state index in [0.29, 0.717) is 17.2 Å². The van der Waals surface area contributed by atoms with Gasteiger partial charge in [-0.2, -0.15) is 0 Å². The summed E-state index contributed by atoms with van der Waals surface area (Å²) in [6, 6.07) is 5.28. The van der Waals surface area contributed by atoms with Crippen LogP contribution in [0.25, 0.3) is 0 Å². The van der Waals surface area contributed by atoms with Crippen LogP contribution in [0.5, 0.6) is 0 Å². The molecule has 1 heterocycles. The summed E-state index contributed by atoms with van der Waals surface area (Å²) < 4.78 is 0.752. The van der Waals surface area contributed by atoms with Crippen LogP contribution in [0.4, 0.5) is 5.69 Å². The minimum Gasteiger partial charge on any atom is -0.398 e. The number of anilines is 1. The van der Waals surface area contributed by atoms with Crippen LogP contribution in [-0.2, 0) is 0 Å². The average molecular weight is 327 g/mol. The fourth-order valence-corrected chi connectivity index (χ4v) is 2.89. The Kier molecular flexibility index (Phi) is 4.82. The minimum absolute atomic E-state index is 0.0448. The normalized spacial score (nSPS) is 19.5. The number of carbonyl (C=O) groups is 1. The monoisotopic (exact) mass is 326 g/mol. The third kappa shape index (κ3) is 3.48. The maximum Gasteiger partial charge on any atom is 0.253 e. The number of hydrogen-bond donors (Lipinski definition) is 2. The summed E-state index contributed by atoms with van der Waals surface area (Å²) in [5, 5.41) is 9.00. The molecule has 1 aromatic rings. The number of nitrogens with two attached hydrogens (primary N) is 1. The number of piperidine rings is 1. The summed E-state index contributed by atoms with van der Waals surface area (Å²) in [5.74, 6) is 0.461. The molecule has 1 aliphatic rings. The highest BCUT2D eigenvalue weighted by atomic mass is 79.9. The number of nitrogen functional groups attached to an aromatic ring is 1. The molecular formula is C14H19BrN2O2. The van der Waals surface area contributed by atoms with Crippen LogP contribution in [0.2, 0.25) is 0 Å². The van der Waals surface area contributed by atoms with E-state index in [4.69, 9.17) is 10.8 Å². The minimum atomic E-state index is 0.0448. The van der Waals surface area contributed by atoms with Crippen molar-refractivity contribution < 1.29 is 9.90 Å². The van der Waals surface area contributed by atoms with Crippen LogP contribution in [0.15, 0.2) is 22.7 Å². The average Bonchev–Trinajstić information content (AvgIpc) is 2.42. The Hall–Kier alpha value is -1.07. The van der Waals surface area contributed by atoms with Gasteiger partial charge in [0.05, 0.1) is 0 Å². The third-order valence-electron chi connectivity index (χ3n) is 3.59. The van der Waals surface area contributed by atoms with Gasteiger partial charge in [-0.15, -0.1) is 0 Å². The second-order valence-corrected chi connectivity index (χ2v) is 5.86. The topological polar surface area (TPSA) is 66.6 Å². The summed E-state index contributed by atoms with van der Waals surface area (Å²) in [7, 11) is 0. The van der Waals surface area contributed by atoms with Crippen LogP contribution in [0.1, 0.15) is 29.6 Å². The predicted molar refractivity (Wildman–Crippen MR) is 78.9 cm³/mol. The van der Waals surface area contributed by atoms with Gasteiger partial charge >= 0.3 is 0 Å². The van der Waals surface area contributed by atoms with Crippen molar-refractivity contribution in [2.45, 2.75) is 19.3 Å². The highest BCUT2D eigenvalue weighted by Crippen LogP contribution is 2.24. The van der Waals surface area contributed by atoms with E-state index >= 15 is 0 Å². The van der Waals surface area contributed by atoms with Gasteiger partial charge in [0, 0.05) is 35.4 Å². The van der Waals surface area contributed by atoms with Gasteiger partial charge in [-0.05, 0) is 59.3 Å². The lowest BCUT2D eigenvalue weighted by Gasteiger charge is -2.32. The predicted octanol–water partition coefficient (Wildman–Crippen LogP) is 2.27. The molecular weight excluding hydrogens is 308 g/mol. The van der Waals surface area contributed by atoms with E-state index in [1.807, 2.05) is 4.90 Å². The number of halogens is 1. The molecule has 1 aliphatic heterocycles. The number of aliphatic hydroxyl groups is 1. The van der Waals surface area contributed by atoms with Crippen molar-refractivity contribution in [2.75, 3.05) is 25.4 Å². The van der Waals surface area contributed by atoms with E-state index in [0.717, 1.165) is 36.8 Å². The molecule has 1 unspecified atom stereocenters. The fourth-order valence-electron chi connectivity index (χ4n) is 2.51. The van der Waals surface area contributed by atoms with Crippen molar-refractivity contribution in [1.82, 2.24) is 4.90 Å². The first kappa shape index (κ1) is 14.3. The number of likely N-dealkylation sites (tertiary alicyclic amines) is 1. The Labute approximate surface area is 121 Å². The Morgan fingerprint density at radius 2 is 2.32 bits per heavy atom. The molecule has 1 saturated heterocycles. The molecule has 3 N–H and O–H groups in total. The van der Waals surface area contributed by atoms with Crippen molar-refractivity contribution in [3.8, 4) is 0 Å². The molecule has 0 aliphatic carbocycles. The summed E-state index contributed by atoms with van der Waals surface area (Å²) in [6.07, 6.45) is 2.87. The van der Waals surface area contributed by atoms with E-state index in [2.05, 4.69) is 15.9 Å². The second-order valence-electron chi connectivity index (χ2n) is 5.01. The lowest BCUT2D eigenvalue weighted by atomic mass is 9.94. The lowest BCUT2D eigenvalue weighted by molar-refractivity contribution is 0.0653. The zero-order chi connectivity index (χ0) is 13.8. The SMILES string of the molecule is Nc1ccc(C(=O)N2CCCC(CCO)C2)cc1Br. The Morgan fingerprint density at radius 3 is 3.00 bits per heavy atom. The molecule has 1 atom stereocenters. The van der Waals surface area contributed by atoms with Crippen molar-refractivity contribution in [3.05, 3.63) is 28.2 Å². The van der Waals surface area contributed by atoms with Crippen LogP contribution in [0, 0.1) is 5.92 Å². The number of nitrogens with zero attached hydrogens (tertiary/aromatic N) is 1. The van der Waals surface area contributed by atoms with Gasteiger partial charge in [0.25, 0.3) is 5.91 Å². The van der Waals surface area contributed by atoms with E-state index in [1.165, 1.54) is 0 Å². The standard InChI is InChI=1S/C14H19BrN2O2/c15-12-8-11(3-4-13(12)16)14(19)17-6-1-2-10(9-17)5-7-18/h3-4,8,10,18H,1-2,5-7,9,16H2. The van der Waals surface area contributed by atoms with Gasteiger partial charge in [-0.1, -0.05) is 0 Å². The maximum atomic E-state index is 12.4. The summed E-state index contributed by atoms with van der Waals surface area (Å²) in [5.41, 5.74) is 7.02. The number of amides is 1. The molecule has 1 aromatic carbocycles. The lowest BCUT2D eigenvalue weighted by Crippen LogP contribution is -2.40. The van der Waals surface area contributed by atoms with Crippen molar-refractivity contribution >= 4 is 27.5 Å². The zero-order valence-electron chi connectivity index (χ0n) is 10.8. The number of rotatable bonds is 3. The molecule has 2 rings (SSSR count). The molecule has 1 fully saturated rings. The summed E-state index contributed by atoms with van der Waals surface area (Å²) in [6.45, 7) is 1.73.